The second kappa shape index (κ2) is 9.63. The zero-order valence-electron chi connectivity index (χ0n) is 17.3. The summed E-state index contributed by atoms with van der Waals surface area (Å²) in [5.74, 6) is 0.0241. The van der Waals surface area contributed by atoms with Crippen molar-refractivity contribution < 1.29 is 14.3 Å². The molecule has 0 saturated carbocycles. The quantitative estimate of drug-likeness (QED) is 0.431. The number of rotatable bonds is 7. The summed E-state index contributed by atoms with van der Waals surface area (Å²) < 4.78 is 7.79. The predicted octanol–water partition coefficient (Wildman–Crippen LogP) is 3.15. The van der Waals surface area contributed by atoms with Gasteiger partial charge in [0.25, 0.3) is 5.91 Å². The molecule has 1 aliphatic heterocycles. The molecular formula is C21H23N5O3S2. The first-order chi connectivity index (χ1) is 15.0. The molecule has 8 nitrogen and oxygen atoms in total. The van der Waals surface area contributed by atoms with Crippen LogP contribution in [0.2, 0.25) is 0 Å². The van der Waals surface area contributed by atoms with Crippen molar-refractivity contribution in [1.29, 1.82) is 0 Å². The predicted molar refractivity (Wildman–Crippen MR) is 122 cm³/mol. The Hall–Kier alpha value is -2.69. The molecule has 0 aliphatic carbocycles. The Morgan fingerprint density at radius 3 is 2.65 bits per heavy atom. The van der Waals surface area contributed by atoms with E-state index in [1.54, 1.807) is 16.8 Å². The van der Waals surface area contributed by atoms with Crippen LogP contribution in [0, 0.1) is 13.8 Å². The molecule has 0 spiro atoms. The lowest BCUT2D eigenvalue weighted by Gasteiger charge is -2.25. The summed E-state index contributed by atoms with van der Waals surface area (Å²) in [6.45, 7) is 6.69. The highest BCUT2D eigenvalue weighted by atomic mass is 32.2. The minimum atomic E-state index is -0.222. The smallest absolute Gasteiger partial charge is 0.270 e. The van der Waals surface area contributed by atoms with E-state index in [4.69, 9.17) is 4.74 Å². The number of aromatic nitrogens is 3. The minimum absolute atomic E-state index is 0.0126. The molecule has 0 radical (unpaired) electrons. The number of amides is 1. The Labute approximate surface area is 188 Å². The molecule has 162 valence electrons. The van der Waals surface area contributed by atoms with Gasteiger partial charge in [0, 0.05) is 35.6 Å². The summed E-state index contributed by atoms with van der Waals surface area (Å²) in [5, 5.41) is 9.31. The first-order valence-electron chi connectivity index (χ1n) is 9.90. The van der Waals surface area contributed by atoms with Gasteiger partial charge >= 0.3 is 0 Å². The zero-order chi connectivity index (χ0) is 21.8. The van der Waals surface area contributed by atoms with Crippen molar-refractivity contribution >= 4 is 39.9 Å². The van der Waals surface area contributed by atoms with E-state index in [1.807, 2.05) is 38.1 Å². The lowest BCUT2D eigenvalue weighted by Crippen LogP contribution is -2.36. The highest BCUT2D eigenvalue weighted by Crippen LogP contribution is 2.29. The van der Waals surface area contributed by atoms with E-state index in [9.17, 15) is 9.59 Å². The van der Waals surface area contributed by atoms with Crippen molar-refractivity contribution in [3.8, 4) is 0 Å². The number of anilines is 1. The number of thioether (sulfide) groups is 1. The lowest BCUT2D eigenvalue weighted by molar-refractivity contribution is 0.0999. The monoisotopic (exact) mass is 457 g/mol. The Morgan fingerprint density at radius 1 is 1.16 bits per heavy atom. The molecule has 1 amide bonds. The van der Waals surface area contributed by atoms with Gasteiger partial charge in [-0.1, -0.05) is 41.3 Å². The molecule has 1 aliphatic rings. The number of nitrogens with zero attached hydrogens (tertiary/aromatic N) is 4. The molecule has 10 heteroatoms. The number of nitrogens with one attached hydrogen (secondary N) is 1. The second-order valence-corrected chi connectivity index (χ2v) is 9.27. The third-order valence-electron chi connectivity index (χ3n) is 4.98. The number of morpholine rings is 1. The molecule has 0 bridgehead atoms. The third-order valence-corrected chi connectivity index (χ3v) is 7.10. The Kier molecular flexibility index (Phi) is 6.69. The summed E-state index contributed by atoms with van der Waals surface area (Å²) in [7, 11) is 0. The van der Waals surface area contributed by atoms with Gasteiger partial charge in [-0.2, -0.15) is 0 Å². The lowest BCUT2D eigenvalue weighted by atomic mass is 10.2. The average Bonchev–Trinajstić information content (AvgIpc) is 3.39. The minimum Gasteiger partial charge on any atom is -0.378 e. The van der Waals surface area contributed by atoms with Crippen LogP contribution in [0.5, 0.6) is 0 Å². The maximum Gasteiger partial charge on any atom is 0.270 e. The van der Waals surface area contributed by atoms with Gasteiger partial charge < -0.3 is 9.64 Å². The maximum absolute atomic E-state index is 12.9. The SMILES string of the molecule is Cc1cc(C(=O)CSc2nnc(N3CCOCC3)s2)c(C)n1NC(=O)c1ccccc1. The number of carbonyl (C=O) groups is 2. The van der Waals surface area contributed by atoms with E-state index in [-0.39, 0.29) is 17.4 Å². The molecule has 3 heterocycles. The van der Waals surface area contributed by atoms with Crippen LogP contribution in [-0.2, 0) is 4.74 Å². The summed E-state index contributed by atoms with van der Waals surface area (Å²) >= 11 is 2.88. The second-order valence-electron chi connectivity index (χ2n) is 7.09. The molecule has 1 saturated heterocycles. The number of hydrogen-bond acceptors (Lipinski definition) is 8. The highest BCUT2D eigenvalue weighted by molar-refractivity contribution is 8.01. The molecule has 31 heavy (non-hydrogen) atoms. The van der Waals surface area contributed by atoms with Crippen molar-refractivity contribution in [3.05, 3.63) is 58.9 Å². The molecule has 1 N–H and O–H groups in total. The topological polar surface area (TPSA) is 89.3 Å². The largest absolute Gasteiger partial charge is 0.378 e. The van der Waals surface area contributed by atoms with Gasteiger partial charge in [-0.05, 0) is 32.0 Å². The number of hydrogen-bond donors (Lipinski definition) is 1. The zero-order valence-corrected chi connectivity index (χ0v) is 19.0. The van der Waals surface area contributed by atoms with Crippen molar-refractivity contribution in [2.24, 2.45) is 0 Å². The van der Waals surface area contributed by atoms with Crippen molar-refractivity contribution in [2.75, 3.05) is 42.4 Å². The molecule has 0 unspecified atom stereocenters. The molecular weight excluding hydrogens is 434 g/mol. The normalized spacial score (nSPS) is 13.9. The van der Waals surface area contributed by atoms with E-state index in [1.165, 1.54) is 23.1 Å². The van der Waals surface area contributed by atoms with Gasteiger partial charge in [0.15, 0.2) is 10.1 Å². The number of benzene rings is 1. The van der Waals surface area contributed by atoms with Gasteiger partial charge in [0.1, 0.15) is 0 Å². The summed E-state index contributed by atoms with van der Waals surface area (Å²) in [6.07, 6.45) is 0. The van der Waals surface area contributed by atoms with Gasteiger partial charge in [-0.3, -0.25) is 19.7 Å². The van der Waals surface area contributed by atoms with Crippen LogP contribution < -0.4 is 10.3 Å². The van der Waals surface area contributed by atoms with E-state index in [2.05, 4.69) is 20.5 Å². The summed E-state index contributed by atoms with van der Waals surface area (Å²) in [6, 6.07) is 10.8. The summed E-state index contributed by atoms with van der Waals surface area (Å²) in [5.41, 5.74) is 5.52. The molecule has 1 fully saturated rings. The van der Waals surface area contributed by atoms with Crippen LogP contribution in [0.1, 0.15) is 32.1 Å². The van der Waals surface area contributed by atoms with Gasteiger partial charge in [-0.25, -0.2) is 0 Å². The van der Waals surface area contributed by atoms with Crippen LogP contribution in [0.4, 0.5) is 5.13 Å². The molecule has 4 rings (SSSR count). The third kappa shape index (κ3) is 4.97. The van der Waals surface area contributed by atoms with Crippen LogP contribution >= 0.6 is 23.1 Å². The number of ether oxygens (including phenoxy) is 1. The van der Waals surface area contributed by atoms with E-state index >= 15 is 0 Å². The van der Waals surface area contributed by atoms with Crippen molar-refractivity contribution in [1.82, 2.24) is 14.9 Å². The van der Waals surface area contributed by atoms with Crippen molar-refractivity contribution in [2.45, 2.75) is 18.2 Å². The number of aryl methyl sites for hydroxylation is 1. The van der Waals surface area contributed by atoms with E-state index in [0.717, 1.165) is 28.3 Å². The van der Waals surface area contributed by atoms with Crippen LogP contribution in [-0.4, -0.2) is 58.6 Å². The fraction of sp³-hybridized carbons (Fsp3) is 0.333. The number of ketones is 1. The Balaban J connectivity index is 1.39. The number of Topliss-reactive ketones (excluding diaryl/α,β-unsaturated/α-hetero) is 1. The fourth-order valence-corrected chi connectivity index (χ4v) is 5.10. The van der Waals surface area contributed by atoms with Crippen molar-refractivity contribution in [3.63, 3.8) is 0 Å². The highest BCUT2D eigenvalue weighted by Gasteiger charge is 2.20. The van der Waals surface area contributed by atoms with E-state index in [0.29, 0.717) is 30.0 Å². The van der Waals surface area contributed by atoms with Crippen LogP contribution in [0.3, 0.4) is 0 Å². The molecule has 0 atom stereocenters. The molecule has 2 aromatic heterocycles. The van der Waals surface area contributed by atoms with E-state index < -0.39 is 0 Å². The fourth-order valence-electron chi connectivity index (χ4n) is 3.32. The Bertz CT molecular complexity index is 1070. The summed E-state index contributed by atoms with van der Waals surface area (Å²) in [4.78, 5) is 27.5. The number of carbonyl (C=O) groups excluding carboxylic acids is 2. The maximum atomic E-state index is 12.9. The molecule has 3 aromatic rings. The first kappa shape index (κ1) is 21.5. The Morgan fingerprint density at radius 2 is 1.90 bits per heavy atom. The van der Waals surface area contributed by atoms with Gasteiger partial charge in [0.2, 0.25) is 5.13 Å². The van der Waals surface area contributed by atoms with Gasteiger partial charge in [0.05, 0.1) is 19.0 Å². The molecule has 1 aromatic carbocycles. The standard InChI is InChI=1S/C21H23N5O3S2/c1-14-12-17(15(2)26(14)24-19(28)16-6-4-3-5-7-16)18(27)13-30-21-23-22-20(31-21)25-8-10-29-11-9-25/h3-7,12H,8-11,13H2,1-2H3,(H,24,28). The van der Waals surface area contributed by atoms with Gasteiger partial charge in [-0.15, -0.1) is 10.2 Å². The first-order valence-corrected chi connectivity index (χ1v) is 11.7. The average molecular weight is 458 g/mol. The van der Waals surface area contributed by atoms with Crippen LogP contribution in [0.15, 0.2) is 40.7 Å². The van der Waals surface area contributed by atoms with Crippen LogP contribution in [0.25, 0.3) is 0 Å².